The summed E-state index contributed by atoms with van der Waals surface area (Å²) in [6.07, 6.45) is 2.39. The molecule has 0 bridgehead atoms. The van der Waals surface area contributed by atoms with E-state index in [0.717, 1.165) is 27.6 Å². The molecule has 0 aliphatic heterocycles. The number of hydrogen-bond donors (Lipinski definition) is 2. The second-order valence-electron chi connectivity index (χ2n) is 3.87. The van der Waals surface area contributed by atoms with Crippen molar-refractivity contribution in [2.75, 3.05) is 19.0 Å². The molecular weight excluding hydrogens is 308 g/mol. The molecule has 1 heterocycles. The Morgan fingerprint density at radius 1 is 1.37 bits per heavy atom. The van der Waals surface area contributed by atoms with Gasteiger partial charge in [-0.05, 0) is 46.7 Å². The van der Waals surface area contributed by atoms with Gasteiger partial charge in [0.2, 0.25) is 0 Å². The van der Waals surface area contributed by atoms with Gasteiger partial charge in [-0.1, -0.05) is 0 Å². The van der Waals surface area contributed by atoms with Gasteiger partial charge in [0.05, 0.1) is 11.6 Å². The molecule has 0 radical (unpaired) electrons. The monoisotopic (exact) mass is 322 g/mol. The van der Waals surface area contributed by atoms with Crippen molar-refractivity contribution >= 4 is 27.4 Å². The average Bonchev–Trinajstić information content (AvgIpc) is 2.40. The van der Waals surface area contributed by atoms with E-state index < -0.39 is 0 Å². The molecule has 6 heteroatoms. The highest BCUT2D eigenvalue weighted by molar-refractivity contribution is 9.10. The molecule has 5 nitrogen and oxygen atoms in total. The van der Waals surface area contributed by atoms with Crippen LogP contribution in [0, 0.1) is 0 Å². The lowest BCUT2D eigenvalue weighted by atomic mass is 10.3. The molecule has 1 aromatic heterocycles. The summed E-state index contributed by atoms with van der Waals surface area (Å²) in [5.74, 6) is 2.27. The Balaban J connectivity index is 2.16. The zero-order valence-corrected chi connectivity index (χ0v) is 12.1. The Labute approximate surface area is 120 Å². The van der Waals surface area contributed by atoms with Gasteiger partial charge in [0.15, 0.2) is 0 Å². The van der Waals surface area contributed by atoms with Gasteiger partial charge in [0, 0.05) is 18.3 Å². The van der Waals surface area contributed by atoms with Crippen LogP contribution >= 0.6 is 15.9 Å². The van der Waals surface area contributed by atoms with Crippen LogP contribution in [-0.4, -0.2) is 23.6 Å². The summed E-state index contributed by atoms with van der Waals surface area (Å²) in [4.78, 5) is 8.54. The van der Waals surface area contributed by atoms with Crippen LogP contribution in [0.1, 0.15) is 5.82 Å². The SMILES string of the molecule is COc1ccc(Nc2ccnc(CCN)n2)cc1Br. The number of halogens is 1. The lowest BCUT2D eigenvalue weighted by Gasteiger charge is -2.09. The topological polar surface area (TPSA) is 73.1 Å². The van der Waals surface area contributed by atoms with Crippen LogP contribution in [0.4, 0.5) is 11.5 Å². The Bertz CT molecular complexity index is 562. The molecule has 0 saturated heterocycles. The molecule has 3 N–H and O–H groups in total. The second-order valence-corrected chi connectivity index (χ2v) is 4.73. The van der Waals surface area contributed by atoms with E-state index >= 15 is 0 Å². The summed E-state index contributed by atoms with van der Waals surface area (Å²) in [5, 5.41) is 3.22. The van der Waals surface area contributed by atoms with Crippen LogP contribution < -0.4 is 15.8 Å². The zero-order valence-electron chi connectivity index (χ0n) is 10.6. The molecule has 0 spiro atoms. The molecular formula is C13H15BrN4O. The quantitative estimate of drug-likeness (QED) is 0.884. The Morgan fingerprint density at radius 3 is 2.89 bits per heavy atom. The van der Waals surface area contributed by atoms with Gasteiger partial charge in [0.25, 0.3) is 0 Å². The molecule has 0 saturated carbocycles. The molecule has 2 rings (SSSR count). The number of aromatic nitrogens is 2. The summed E-state index contributed by atoms with van der Waals surface area (Å²) < 4.78 is 6.07. The standard InChI is InChI=1S/C13H15BrN4O/c1-19-11-3-2-9(8-10(11)14)17-13-5-7-16-12(18-13)4-6-15/h2-3,5,7-8H,4,6,15H2,1H3,(H,16,17,18). The fourth-order valence-electron chi connectivity index (χ4n) is 1.61. The van der Waals surface area contributed by atoms with Crippen molar-refractivity contribution in [2.45, 2.75) is 6.42 Å². The summed E-state index contributed by atoms with van der Waals surface area (Å²) in [5.41, 5.74) is 6.42. The highest BCUT2D eigenvalue weighted by Gasteiger charge is 2.03. The summed E-state index contributed by atoms with van der Waals surface area (Å²) in [7, 11) is 1.64. The van der Waals surface area contributed by atoms with Crippen molar-refractivity contribution in [2.24, 2.45) is 5.73 Å². The van der Waals surface area contributed by atoms with E-state index in [1.807, 2.05) is 24.3 Å². The Hall–Kier alpha value is -1.66. The maximum absolute atomic E-state index is 5.49. The van der Waals surface area contributed by atoms with Crippen LogP contribution in [0.5, 0.6) is 5.75 Å². The third kappa shape index (κ3) is 3.65. The lowest BCUT2D eigenvalue weighted by molar-refractivity contribution is 0.412. The highest BCUT2D eigenvalue weighted by atomic mass is 79.9. The first kappa shape index (κ1) is 13.8. The molecule has 0 fully saturated rings. The van der Waals surface area contributed by atoms with E-state index in [4.69, 9.17) is 10.5 Å². The molecule has 1 aromatic carbocycles. The third-order valence-corrected chi connectivity index (χ3v) is 3.12. The van der Waals surface area contributed by atoms with Gasteiger partial charge in [-0.25, -0.2) is 9.97 Å². The van der Waals surface area contributed by atoms with Crippen LogP contribution in [0.25, 0.3) is 0 Å². The maximum atomic E-state index is 5.49. The minimum Gasteiger partial charge on any atom is -0.496 e. The van der Waals surface area contributed by atoms with Gasteiger partial charge in [-0.15, -0.1) is 0 Å². The van der Waals surface area contributed by atoms with E-state index in [1.165, 1.54) is 0 Å². The first-order chi connectivity index (χ1) is 9.22. The predicted octanol–water partition coefficient (Wildman–Crippen LogP) is 2.49. The molecule has 0 atom stereocenters. The third-order valence-electron chi connectivity index (χ3n) is 2.50. The van der Waals surface area contributed by atoms with Crippen LogP contribution in [0.2, 0.25) is 0 Å². The van der Waals surface area contributed by atoms with Crippen LogP contribution in [0.3, 0.4) is 0 Å². The number of nitrogens with zero attached hydrogens (tertiary/aromatic N) is 2. The van der Waals surface area contributed by atoms with Crippen molar-refractivity contribution < 1.29 is 4.74 Å². The summed E-state index contributed by atoms with van der Waals surface area (Å²) in [6, 6.07) is 7.56. The average molecular weight is 323 g/mol. The van der Waals surface area contributed by atoms with Crippen molar-refractivity contribution in [1.29, 1.82) is 0 Å². The van der Waals surface area contributed by atoms with E-state index in [2.05, 4.69) is 31.2 Å². The number of nitrogens with two attached hydrogens (primary N) is 1. The summed E-state index contributed by atoms with van der Waals surface area (Å²) in [6.45, 7) is 0.539. The van der Waals surface area contributed by atoms with E-state index in [1.54, 1.807) is 13.3 Å². The smallest absolute Gasteiger partial charge is 0.134 e. The van der Waals surface area contributed by atoms with Gasteiger partial charge >= 0.3 is 0 Å². The van der Waals surface area contributed by atoms with Gasteiger partial charge in [0.1, 0.15) is 17.4 Å². The van der Waals surface area contributed by atoms with E-state index in [9.17, 15) is 0 Å². The number of anilines is 2. The minimum atomic E-state index is 0.539. The first-order valence-corrected chi connectivity index (χ1v) is 6.65. The van der Waals surface area contributed by atoms with Crippen LogP contribution in [0.15, 0.2) is 34.9 Å². The first-order valence-electron chi connectivity index (χ1n) is 5.85. The fourth-order valence-corrected chi connectivity index (χ4v) is 2.15. The molecule has 0 aliphatic rings. The normalized spacial score (nSPS) is 10.3. The van der Waals surface area contributed by atoms with Gasteiger partial charge in [-0.2, -0.15) is 0 Å². The van der Waals surface area contributed by atoms with Crippen LogP contribution in [-0.2, 0) is 6.42 Å². The highest BCUT2D eigenvalue weighted by Crippen LogP contribution is 2.28. The number of hydrogen-bond acceptors (Lipinski definition) is 5. The van der Waals surface area contributed by atoms with Gasteiger partial charge < -0.3 is 15.8 Å². The zero-order chi connectivity index (χ0) is 13.7. The minimum absolute atomic E-state index is 0.539. The molecule has 19 heavy (non-hydrogen) atoms. The number of rotatable bonds is 5. The number of ether oxygens (including phenoxy) is 1. The number of benzene rings is 1. The molecule has 0 unspecified atom stereocenters. The second kappa shape index (κ2) is 6.49. The maximum Gasteiger partial charge on any atom is 0.134 e. The van der Waals surface area contributed by atoms with E-state index in [0.29, 0.717) is 13.0 Å². The molecule has 100 valence electrons. The van der Waals surface area contributed by atoms with Gasteiger partial charge in [-0.3, -0.25) is 0 Å². The molecule has 0 aliphatic carbocycles. The predicted molar refractivity (Wildman–Crippen MR) is 78.8 cm³/mol. The molecule has 0 amide bonds. The number of methoxy groups -OCH3 is 1. The molecule has 2 aromatic rings. The fraction of sp³-hybridized carbons (Fsp3) is 0.231. The Morgan fingerprint density at radius 2 is 2.21 bits per heavy atom. The lowest BCUT2D eigenvalue weighted by Crippen LogP contribution is -2.07. The summed E-state index contributed by atoms with van der Waals surface area (Å²) >= 11 is 3.45. The number of nitrogens with one attached hydrogen (secondary N) is 1. The van der Waals surface area contributed by atoms with Crippen molar-refractivity contribution in [3.05, 3.63) is 40.8 Å². The largest absolute Gasteiger partial charge is 0.496 e. The van der Waals surface area contributed by atoms with Crippen molar-refractivity contribution in [1.82, 2.24) is 9.97 Å². The Kier molecular flexibility index (Phi) is 4.70. The van der Waals surface area contributed by atoms with Crippen molar-refractivity contribution in [3.8, 4) is 5.75 Å². The van der Waals surface area contributed by atoms with E-state index in [-0.39, 0.29) is 0 Å². The van der Waals surface area contributed by atoms with Crippen molar-refractivity contribution in [3.63, 3.8) is 0 Å².